The van der Waals surface area contributed by atoms with Gasteiger partial charge in [0, 0.05) is 17.7 Å². The van der Waals surface area contributed by atoms with E-state index in [1.165, 1.54) is 22.4 Å². The third-order valence-corrected chi connectivity index (χ3v) is 3.55. The number of rotatable bonds is 3. The van der Waals surface area contributed by atoms with E-state index in [0.717, 1.165) is 6.54 Å². The summed E-state index contributed by atoms with van der Waals surface area (Å²) < 4.78 is 41.3. The fraction of sp³-hybridized carbons (Fsp3) is 0.105. The number of hydrogen-bond acceptors (Lipinski definition) is 0. The summed E-state index contributed by atoms with van der Waals surface area (Å²) in [5, 5.41) is 0. The number of aromatic nitrogens is 1. The van der Waals surface area contributed by atoms with Crippen molar-refractivity contribution in [2.75, 3.05) is 0 Å². The molecule has 0 N–H and O–H groups in total. The van der Waals surface area contributed by atoms with E-state index in [4.69, 9.17) is 0 Å². The summed E-state index contributed by atoms with van der Waals surface area (Å²) in [6, 6.07) is 25.5. The third-order valence-electron chi connectivity index (χ3n) is 3.55. The molecule has 0 saturated heterocycles. The van der Waals surface area contributed by atoms with Crippen LogP contribution in [0, 0.1) is 0 Å². The predicted octanol–water partition coefficient (Wildman–Crippen LogP) is 5.63. The van der Waals surface area contributed by atoms with Crippen molar-refractivity contribution >= 4 is 7.25 Å². The molecule has 0 bridgehead atoms. The van der Waals surface area contributed by atoms with Crippen LogP contribution in [0.5, 0.6) is 0 Å². The van der Waals surface area contributed by atoms with Crippen LogP contribution in [0.4, 0.5) is 17.3 Å². The number of halogens is 4. The van der Waals surface area contributed by atoms with Gasteiger partial charge in [-0.15, -0.1) is 0 Å². The highest BCUT2D eigenvalue weighted by Crippen LogP contribution is 2.23. The predicted molar refractivity (Wildman–Crippen MR) is 93.4 cm³/mol. The van der Waals surface area contributed by atoms with E-state index in [2.05, 4.69) is 90.5 Å². The van der Waals surface area contributed by atoms with Crippen molar-refractivity contribution in [3.8, 4) is 22.4 Å². The minimum absolute atomic E-state index is 0.972. The monoisotopic (exact) mass is 347 g/mol. The molecule has 0 aliphatic heterocycles. The van der Waals surface area contributed by atoms with Crippen LogP contribution in [0.3, 0.4) is 0 Å². The fourth-order valence-corrected chi connectivity index (χ4v) is 2.47. The Bertz CT molecular complexity index is 784. The zero-order chi connectivity index (χ0) is 18.3. The lowest BCUT2D eigenvalue weighted by atomic mass is 10.0. The van der Waals surface area contributed by atoms with Gasteiger partial charge in [-0.3, -0.25) is 0 Å². The number of pyridine rings is 1. The minimum atomic E-state index is -6.00. The highest BCUT2D eigenvalue weighted by Gasteiger charge is 2.20. The van der Waals surface area contributed by atoms with E-state index in [1.807, 2.05) is 0 Å². The second kappa shape index (κ2) is 8.47. The van der Waals surface area contributed by atoms with Gasteiger partial charge in [-0.1, -0.05) is 48.5 Å². The van der Waals surface area contributed by atoms with Crippen molar-refractivity contribution in [3.05, 3.63) is 79.0 Å². The van der Waals surface area contributed by atoms with E-state index in [9.17, 15) is 17.3 Å². The summed E-state index contributed by atoms with van der Waals surface area (Å²) in [5.74, 6) is 0. The van der Waals surface area contributed by atoms with Gasteiger partial charge in [-0.25, -0.2) is 0 Å². The first kappa shape index (κ1) is 18.7. The molecule has 3 rings (SSSR count). The molecule has 0 aliphatic carbocycles. The second-order valence-corrected chi connectivity index (χ2v) is 5.31. The van der Waals surface area contributed by atoms with Crippen molar-refractivity contribution in [2.45, 2.75) is 13.5 Å². The van der Waals surface area contributed by atoms with Crippen molar-refractivity contribution in [3.63, 3.8) is 0 Å². The molecule has 2 aromatic carbocycles. The van der Waals surface area contributed by atoms with Crippen LogP contribution in [0.1, 0.15) is 6.92 Å². The molecule has 1 aromatic heterocycles. The molecule has 0 atom stereocenters. The molecule has 25 heavy (non-hydrogen) atoms. The molecule has 0 saturated carbocycles. The number of hydrogen-bond donors (Lipinski definition) is 0. The highest BCUT2D eigenvalue weighted by atomic mass is 19.5. The van der Waals surface area contributed by atoms with E-state index in [-0.39, 0.29) is 0 Å². The maximum atomic E-state index is 9.75. The first-order valence-corrected chi connectivity index (χ1v) is 7.90. The summed E-state index contributed by atoms with van der Waals surface area (Å²) in [7, 11) is -6.00. The highest BCUT2D eigenvalue weighted by molar-refractivity contribution is 6.50. The third kappa shape index (κ3) is 6.06. The summed E-state index contributed by atoms with van der Waals surface area (Å²) in [5.41, 5.74) is 5.03. The molecular formula is C19H18BF4N. The van der Waals surface area contributed by atoms with Crippen molar-refractivity contribution in [1.29, 1.82) is 0 Å². The summed E-state index contributed by atoms with van der Waals surface area (Å²) in [4.78, 5) is 0. The van der Waals surface area contributed by atoms with Gasteiger partial charge in [0.1, 0.15) is 6.54 Å². The Hall–Kier alpha value is -2.63. The molecule has 130 valence electrons. The van der Waals surface area contributed by atoms with Gasteiger partial charge in [0.15, 0.2) is 6.20 Å². The average molecular weight is 347 g/mol. The Balaban J connectivity index is 0.000000399. The Morgan fingerprint density at radius 1 is 0.720 bits per heavy atom. The van der Waals surface area contributed by atoms with Crippen LogP contribution < -0.4 is 4.57 Å². The van der Waals surface area contributed by atoms with Crippen LogP contribution >= 0.6 is 0 Å². The number of nitrogens with zero attached hydrogens (tertiary/aromatic N) is 1. The average Bonchev–Trinajstić information content (AvgIpc) is 2.61. The van der Waals surface area contributed by atoms with Crippen molar-refractivity contribution in [2.24, 2.45) is 0 Å². The molecule has 0 spiro atoms. The van der Waals surface area contributed by atoms with Gasteiger partial charge >= 0.3 is 7.25 Å². The van der Waals surface area contributed by atoms with Gasteiger partial charge in [0.2, 0.25) is 5.69 Å². The smallest absolute Gasteiger partial charge is 0.418 e. The van der Waals surface area contributed by atoms with Gasteiger partial charge in [0.25, 0.3) is 0 Å². The Labute approximate surface area is 144 Å². The van der Waals surface area contributed by atoms with Crippen molar-refractivity contribution in [1.82, 2.24) is 0 Å². The molecule has 0 aliphatic rings. The van der Waals surface area contributed by atoms with Crippen LogP contribution in [0.15, 0.2) is 79.0 Å². The molecule has 0 amide bonds. The van der Waals surface area contributed by atoms with Crippen molar-refractivity contribution < 1.29 is 21.8 Å². The van der Waals surface area contributed by atoms with Gasteiger partial charge in [-0.2, -0.15) is 4.57 Å². The molecule has 3 aromatic rings. The summed E-state index contributed by atoms with van der Waals surface area (Å²) in [6.07, 6.45) is 2.17. The van der Waals surface area contributed by atoms with Crippen LogP contribution in [0.25, 0.3) is 22.4 Å². The molecule has 1 nitrogen and oxygen atoms in total. The fourth-order valence-electron chi connectivity index (χ4n) is 2.47. The molecule has 0 fully saturated rings. The number of benzene rings is 2. The quantitative estimate of drug-likeness (QED) is 0.329. The lowest BCUT2D eigenvalue weighted by molar-refractivity contribution is -0.682. The van der Waals surface area contributed by atoms with Gasteiger partial charge in [0.05, 0.1) is 0 Å². The number of aryl methyl sites for hydroxylation is 1. The Morgan fingerprint density at radius 3 is 1.68 bits per heavy atom. The summed E-state index contributed by atoms with van der Waals surface area (Å²) >= 11 is 0. The van der Waals surface area contributed by atoms with Crippen LogP contribution in [-0.4, -0.2) is 7.25 Å². The maximum Gasteiger partial charge on any atom is 0.673 e. The Morgan fingerprint density at radius 2 is 1.20 bits per heavy atom. The molecule has 1 heterocycles. The largest absolute Gasteiger partial charge is 0.673 e. The SMILES string of the molecule is CC[n+]1ccc(-c2ccccc2)cc1-c1ccccc1.F[B-](F)(F)F. The molecule has 0 unspecified atom stereocenters. The van der Waals surface area contributed by atoms with E-state index in [1.54, 1.807) is 0 Å². The van der Waals surface area contributed by atoms with Gasteiger partial charge < -0.3 is 17.3 Å². The first-order chi connectivity index (χ1) is 11.9. The topological polar surface area (TPSA) is 3.88 Å². The molecular weight excluding hydrogens is 329 g/mol. The van der Waals surface area contributed by atoms with Gasteiger partial charge in [-0.05, 0) is 30.2 Å². The van der Waals surface area contributed by atoms with Crippen LogP contribution in [-0.2, 0) is 6.54 Å². The zero-order valence-electron chi connectivity index (χ0n) is 13.7. The standard InChI is InChI=1S/C19H18N.BF4/c1-2-20-14-13-18(16-9-5-3-6-10-16)15-19(20)17-11-7-4-8-12-17;2-1(3,4)5/h3-15H,2H2,1H3;/q+1;-1. The van der Waals surface area contributed by atoms with E-state index < -0.39 is 7.25 Å². The normalized spacial score (nSPS) is 10.8. The molecule has 0 radical (unpaired) electrons. The maximum absolute atomic E-state index is 9.75. The summed E-state index contributed by atoms with van der Waals surface area (Å²) in [6.45, 7) is 3.15. The Kier molecular flexibility index (Phi) is 6.34. The lowest BCUT2D eigenvalue weighted by Crippen LogP contribution is -2.34. The van der Waals surface area contributed by atoms with Crippen LogP contribution in [0.2, 0.25) is 0 Å². The van der Waals surface area contributed by atoms with E-state index >= 15 is 0 Å². The lowest BCUT2D eigenvalue weighted by Gasteiger charge is -2.06. The molecule has 6 heteroatoms. The van der Waals surface area contributed by atoms with E-state index in [0.29, 0.717) is 0 Å². The minimum Gasteiger partial charge on any atom is -0.418 e. The zero-order valence-corrected chi connectivity index (χ0v) is 13.7. The first-order valence-electron chi connectivity index (χ1n) is 7.90. The second-order valence-electron chi connectivity index (χ2n) is 5.31.